The molecule has 2 aromatic rings. The van der Waals surface area contributed by atoms with Crippen LogP contribution >= 0.6 is 15.9 Å². The predicted octanol–water partition coefficient (Wildman–Crippen LogP) is 3.12. The van der Waals surface area contributed by atoms with Crippen molar-refractivity contribution in [1.29, 1.82) is 0 Å². The summed E-state index contributed by atoms with van der Waals surface area (Å²) in [7, 11) is 0. The van der Waals surface area contributed by atoms with Gasteiger partial charge in [0.2, 0.25) is 0 Å². The lowest BCUT2D eigenvalue weighted by Crippen LogP contribution is -1.87. The molecule has 2 heterocycles. The largest absolute Gasteiger partial charge is 0.254 e. The van der Waals surface area contributed by atoms with Crippen molar-refractivity contribution in [3.05, 3.63) is 47.2 Å². The van der Waals surface area contributed by atoms with E-state index in [2.05, 4.69) is 32.5 Å². The van der Waals surface area contributed by atoms with Crippen molar-refractivity contribution in [3.63, 3.8) is 0 Å². The third kappa shape index (κ3) is 1.82. The lowest BCUT2D eigenvalue weighted by molar-refractivity contribution is 1.21. The van der Waals surface area contributed by atoms with Crippen LogP contribution in [0.5, 0.6) is 0 Å². The molecular formula is C11H9BrN2. The van der Waals surface area contributed by atoms with E-state index in [-0.39, 0.29) is 0 Å². The Morgan fingerprint density at radius 3 is 2.71 bits per heavy atom. The summed E-state index contributed by atoms with van der Waals surface area (Å²) in [4.78, 5) is 8.60. The molecule has 2 nitrogen and oxygen atoms in total. The van der Waals surface area contributed by atoms with Crippen LogP contribution in [-0.2, 0) is 6.42 Å². The molecular weight excluding hydrogens is 240 g/mol. The monoisotopic (exact) mass is 248 g/mol. The van der Waals surface area contributed by atoms with Gasteiger partial charge in [-0.1, -0.05) is 6.08 Å². The number of halogens is 1. The highest BCUT2D eigenvalue weighted by Gasteiger charge is 1.98. The summed E-state index contributed by atoms with van der Waals surface area (Å²) in [6, 6.07) is 4.00. The van der Waals surface area contributed by atoms with Crippen molar-refractivity contribution in [1.82, 2.24) is 9.97 Å². The van der Waals surface area contributed by atoms with E-state index in [1.54, 1.807) is 6.20 Å². The predicted molar refractivity (Wildman–Crippen MR) is 61.1 cm³/mol. The second-order valence-electron chi connectivity index (χ2n) is 3.03. The lowest BCUT2D eigenvalue weighted by Gasteiger charge is -1.99. The Bertz CT molecular complexity index is 480. The molecule has 2 rings (SSSR count). The van der Waals surface area contributed by atoms with Gasteiger partial charge in [0.25, 0.3) is 0 Å². The fourth-order valence-electron chi connectivity index (χ4n) is 1.30. The van der Waals surface area contributed by atoms with E-state index in [0.29, 0.717) is 0 Å². The summed E-state index contributed by atoms with van der Waals surface area (Å²) in [6.07, 6.45) is 6.34. The maximum absolute atomic E-state index is 4.32. The summed E-state index contributed by atoms with van der Waals surface area (Å²) >= 11 is 3.36. The molecule has 0 atom stereocenters. The number of fused-ring (bicyclic) bond motifs is 1. The molecule has 0 amide bonds. The van der Waals surface area contributed by atoms with Crippen molar-refractivity contribution in [2.24, 2.45) is 0 Å². The van der Waals surface area contributed by atoms with E-state index in [4.69, 9.17) is 0 Å². The summed E-state index contributed by atoms with van der Waals surface area (Å²) < 4.78 is 0.953. The number of hydrogen-bond acceptors (Lipinski definition) is 2. The molecule has 0 aliphatic heterocycles. The molecule has 0 saturated carbocycles. The lowest BCUT2D eigenvalue weighted by atomic mass is 10.2. The highest BCUT2D eigenvalue weighted by Crippen LogP contribution is 2.16. The van der Waals surface area contributed by atoms with E-state index in [1.807, 2.05) is 24.4 Å². The Balaban J connectivity index is 2.55. The first-order valence-electron chi connectivity index (χ1n) is 4.30. The van der Waals surface area contributed by atoms with Crippen LogP contribution in [0.25, 0.3) is 11.0 Å². The zero-order chi connectivity index (χ0) is 9.97. The Morgan fingerprint density at radius 2 is 1.93 bits per heavy atom. The van der Waals surface area contributed by atoms with Gasteiger partial charge in [0.05, 0.1) is 11.0 Å². The zero-order valence-corrected chi connectivity index (χ0v) is 9.16. The van der Waals surface area contributed by atoms with Gasteiger partial charge in [0.1, 0.15) is 0 Å². The second kappa shape index (κ2) is 3.88. The molecule has 0 unspecified atom stereocenters. The normalized spacial score (nSPS) is 10.4. The van der Waals surface area contributed by atoms with Crippen LogP contribution in [0.4, 0.5) is 0 Å². The summed E-state index contributed by atoms with van der Waals surface area (Å²) in [5.41, 5.74) is 2.97. The van der Waals surface area contributed by atoms with Crippen molar-refractivity contribution in [2.75, 3.05) is 0 Å². The Labute approximate surface area is 90.8 Å². The third-order valence-corrected chi connectivity index (χ3v) is 2.37. The molecule has 3 heteroatoms. The standard InChI is InChI=1S/C11H9BrN2/c1-2-3-8-4-10-11(13-6-8)5-9(12)7-14-10/h2,4-7H,1,3H2. The summed E-state index contributed by atoms with van der Waals surface area (Å²) in [6.45, 7) is 3.69. The Hall–Kier alpha value is -1.22. The number of aromatic nitrogens is 2. The average molecular weight is 249 g/mol. The first-order chi connectivity index (χ1) is 6.79. The minimum Gasteiger partial charge on any atom is -0.254 e. The van der Waals surface area contributed by atoms with Gasteiger partial charge >= 0.3 is 0 Å². The molecule has 0 saturated heterocycles. The van der Waals surface area contributed by atoms with Crippen LogP contribution in [0.15, 0.2) is 41.7 Å². The zero-order valence-electron chi connectivity index (χ0n) is 7.57. The van der Waals surface area contributed by atoms with Crippen LogP contribution < -0.4 is 0 Å². The first kappa shape index (κ1) is 9.34. The molecule has 0 aliphatic rings. The van der Waals surface area contributed by atoms with Gasteiger partial charge in [-0.3, -0.25) is 9.97 Å². The summed E-state index contributed by atoms with van der Waals surface area (Å²) in [5.74, 6) is 0. The molecule has 0 spiro atoms. The van der Waals surface area contributed by atoms with Crippen molar-refractivity contribution >= 4 is 27.0 Å². The maximum atomic E-state index is 4.32. The van der Waals surface area contributed by atoms with Gasteiger partial charge in [0, 0.05) is 16.9 Å². The van der Waals surface area contributed by atoms with Gasteiger partial charge in [-0.25, -0.2) is 0 Å². The fraction of sp³-hybridized carbons (Fsp3) is 0.0909. The van der Waals surface area contributed by atoms with Crippen molar-refractivity contribution in [3.8, 4) is 0 Å². The number of hydrogen-bond donors (Lipinski definition) is 0. The molecule has 2 aromatic heterocycles. The molecule has 0 aliphatic carbocycles. The van der Waals surface area contributed by atoms with Crippen LogP contribution in [0, 0.1) is 0 Å². The maximum Gasteiger partial charge on any atom is 0.0898 e. The van der Waals surface area contributed by atoms with E-state index in [9.17, 15) is 0 Å². The van der Waals surface area contributed by atoms with Crippen molar-refractivity contribution < 1.29 is 0 Å². The Kier molecular flexibility index (Phi) is 2.59. The van der Waals surface area contributed by atoms with Crippen LogP contribution in [-0.4, -0.2) is 9.97 Å². The average Bonchev–Trinajstić information content (AvgIpc) is 2.19. The van der Waals surface area contributed by atoms with Gasteiger partial charge in [-0.2, -0.15) is 0 Å². The molecule has 70 valence electrons. The molecule has 0 aromatic carbocycles. The molecule has 0 bridgehead atoms. The molecule has 0 N–H and O–H groups in total. The highest BCUT2D eigenvalue weighted by molar-refractivity contribution is 9.10. The van der Waals surface area contributed by atoms with Crippen molar-refractivity contribution in [2.45, 2.75) is 6.42 Å². The summed E-state index contributed by atoms with van der Waals surface area (Å²) in [5, 5.41) is 0. The SMILES string of the molecule is C=CCc1cnc2cc(Br)cnc2c1. The minimum atomic E-state index is 0.834. The van der Waals surface area contributed by atoms with Crippen LogP contribution in [0.2, 0.25) is 0 Å². The van der Waals surface area contributed by atoms with E-state index >= 15 is 0 Å². The van der Waals surface area contributed by atoms with Gasteiger partial charge in [-0.05, 0) is 40.0 Å². The van der Waals surface area contributed by atoms with Gasteiger partial charge in [0.15, 0.2) is 0 Å². The quantitative estimate of drug-likeness (QED) is 0.764. The fourth-order valence-corrected chi connectivity index (χ4v) is 1.62. The van der Waals surface area contributed by atoms with Crippen LogP contribution in [0.3, 0.4) is 0 Å². The van der Waals surface area contributed by atoms with E-state index in [0.717, 1.165) is 27.5 Å². The number of rotatable bonds is 2. The third-order valence-electron chi connectivity index (χ3n) is 1.94. The van der Waals surface area contributed by atoms with Gasteiger partial charge in [-0.15, -0.1) is 6.58 Å². The number of allylic oxidation sites excluding steroid dienone is 1. The van der Waals surface area contributed by atoms with Gasteiger partial charge < -0.3 is 0 Å². The second-order valence-corrected chi connectivity index (χ2v) is 3.94. The first-order valence-corrected chi connectivity index (χ1v) is 5.10. The molecule has 14 heavy (non-hydrogen) atoms. The topological polar surface area (TPSA) is 25.8 Å². The van der Waals surface area contributed by atoms with Crippen LogP contribution in [0.1, 0.15) is 5.56 Å². The van der Waals surface area contributed by atoms with E-state index < -0.39 is 0 Å². The number of pyridine rings is 2. The minimum absolute atomic E-state index is 0.834. The molecule has 0 fully saturated rings. The smallest absolute Gasteiger partial charge is 0.0898 e. The highest BCUT2D eigenvalue weighted by atomic mass is 79.9. The molecule has 0 radical (unpaired) electrons. The number of nitrogens with zero attached hydrogens (tertiary/aromatic N) is 2. The Morgan fingerprint density at radius 1 is 1.21 bits per heavy atom. The van der Waals surface area contributed by atoms with E-state index in [1.165, 1.54) is 0 Å².